The number of anilines is 1. The van der Waals surface area contributed by atoms with Gasteiger partial charge in [-0.25, -0.2) is 4.98 Å². The Balaban J connectivity index is 2.15. The van der Waals surface area contributed by atoms with Gasteiger partial charge in [-0.1, -0.05) is 28.1 Å². The van der Waals surface area contributed by atoms with Gasteiger partial charge in [0, 0.05) is 34.5 Å². The number of hydrogen-bond acceptors (Lipinski definition) is 3. The van der Waals surface area contributed by atoms with Crippen LogP contribution in [0.3, 0.4) is 0 Å². The molecule has 2 aromatic rings. The first-order valence-electron chi connectivity index (χ1n) is 5.72. The van der Waals surface area contributed by atoms with E-state index in [1.807, 2.05) is 50.4 Å². The molecule has 0 fully saturated rings. The largest absolute Gasteiger partial charge is 0.473 e. The van der Waals surface area contributed by atoms with Crippen molar-refractivity contribution >= 4 is 21.6 Å². The molecule has 2 rings (SSSR count). The minimum absolute atomic E-state index is 0.480. The summed E-state index contributed by atoms with van der Waals surface area (Å²) >= 11 is 3.54. The second kappa shape index (κ2) is 5.87. The summed E-state index contributed by atoms with van der Waals surface area (Å²) in [6.07, 6.45) is 0. The molecule has 0 saturated heterocycles. The van der Waals surface area contributed by atoms with Crippen molar-refractivity contribution in [1.29, 1.82) is 0 Å². The smallest absolute Gasteiger partial charge is 0.213 e. The van der Waals surface area contributed by atoms with Crippen LogP contribution in [0.2, 0.25) is 0 Å². The van der Waals surface area contributed by atoms with Crippen molar-refractivity contribution < 1.29 is 4.74 Å². The highest BCUT2D eigenvalue weighted by Gasteiger charge is 2.06. The second-order valence-electron chi connectivity index (χ2n) is 3.92. The summed E-state index contributed by atoms with van der Waals surface area (Å²) in [5.41, 5.74) is 3.09. The summed E-state index contributed by atoms with van der Waals surface area (Å²) < 4.78 is 6.74. The molecule has 0 bridgehead atoms. The summed E-state index contributed by atoms with van der Waals surface area (Å²) in [5, 5.41) is 3.15. The number of hydrogen-bond donors (Lipinski definition) is 1. The number of aryl methyl sites for hydroxylation is 1. The first kappa shape index (κ1) is 12.9. The van der Waals surface area contributed by atoms with E-state index in [2.05, 4.69) is 26.2 Å². The van der Waals surface area contributed by atoms with E-state index in [1.165, 1.54) is 0 Å². The van der Waals surface area contributed by atoms with Crippen LogP contribution in [0.25, 0.3) is 0 Å². The minimum atomic E-state index is 0.480. The van der Waals surface area contributed by atoms with Crippen molar-refractivity contribution in [1.82, 2.24) is 4.98 Å². The standard InChI is InChI=1S/C14H15BrN2O/c1-10-5-3-8-14(17-10)18-9-11-12(15)6-4-7-13(11)16-2/h3-8,16H,9H2,1-2H3. The Bertz CT molecular complexity index is 543. The predicted octanol–water partition coefficient (Wildman–Crippen LogP) is 3.77. The van der Waals surface area contributed by atoms with E-state index in [0.717, 1.165) is 21.4 Å². The summed E-state index contributed by atoms with van der Waals surface area (Å²) in [5.74, 6) is 0.646. The Morgan fingerprint density at radius 2 is 2.00 bits per heavy atom. The topological polar surface area (TPSA) is 34.1 Å². The maximum Gasteiger partial charge on any atom is 0.213 e. The van der Waals surface area contributed by atoms with Crippen molar-refractivity contribution in [2.75, 3.05) is 12.4 Å². The van der Waals surface area contributed by atoms with Crippen molar-refractivity contribution in [2.24, 2.45) is 0 Å². The molecule has 0 aliphatic carbocycles. The third-order valence-corrected chi connectivity index (χ3v) is 3.36. The van der Waals surface area contributed by atoms with E-state index in [4.69, 9.17) is 4.74 Å². The van der Waals surface area contributed by atoms with Gasteiger partial charge in [0.2, 0.25) is 5.88 Å². The lowest BCUT2D eigenvalue weighted by Gasteiger charge is -2.12. The van der Waals surface area contributed by atoms with Crippen LogP contribution >= 0.6 is 15.9 Å². The fraction of sp³-hybridized carbons (Fsp3) is 0.214. The lowest BCUT2D eigenvalue weighted by Crippen LogP contribution is -2.02. The molecule has 94 valence electrons. The van der Waals surface area contributed by atoms with E-state index in [1.54, 1.807) is 0 Å². The molecule has 1 aromatic carbocycles. The predicted molar refractivity (Wildman–Crippen MR) is 77.0 cm³/mol. The van der Waals surface area contributed by atoms with Crippen molar-refractivity contribution in [3.63, 3.8) is 0 Å². The monoisotopic (exact) mass is 306 g/mol. The number of benzene rings is 1. The summed E-state index contributed by atoms with van der Waals surface area (Å²) in [6, 6.07) is 11.8. The highest BCUT2D eigenvalue weighted by Crippen LogP contribution is 2.25. The molecule has 1 aromatic heterocycles. The number of nitrogens with one attached hydrogen (secondary N) is 1. The maximum atomic E-state index is 5.72. The molecule has 0 aliphatic heterocycles. The van der Waals surface area contributed by atoms with Crippen LogP contribution in [-0.4, -0.2) is 12.0 Å². The van der Waals surface area contributed by atoms with Gasteiger partial charge in [0.25, 0.3) is 0 Å². The van der Waals surface area contributed by atoms with Crippen LogP contribution in [0.4, 0.5) is 5.69 Å². The average molecular weight is 307 g/mol. The Morgan fingerprint density at radius 1 is 1.22 bits per heavy atom. The molecule has 0 amide bonds. The van der Waals surface area contributed by atoms with Crippen molar-refractivity contribution in [3.05, 3.63) is 52.1 Å². The molecule has 1 N–H and O–H groups in total. The lowest BCUT2D eigenvalue weighted by atomic mass is 10.2. The molecular formula is C14H15BrN2O. The van der Waals surface area contributed by atoms with Crippen LogP contribution in [0.15, 0.2) is 40.9 Å². The zero-order valence-corrected chi connectivity index (χ0v) is 12.0. The molecule has 0 spiro atoms. The van der Waals surface area contributed by atoms with Gasteiger partial charge in [0.05, 0.1) is 0 Å². The Morgan fingerprint density at radius 3 is 2.72 bits per heavy atom. The number of ether oxygens (including phenoxy) is 1. The fourth-order valence-corrected chi connectivity index (χ4v) is 2.16. The molecule has 0 saturated carbocycles. The van der Waals surface area contributed by atoms with Gasteiger partial charge in [-0.2, -0.15) is 0 Å². The minimum Gasteiger partial charge on any atom is -0.473 e. The van der Waals surface area contributed by atoms with E-state index >= 15 is 0 Å². The zero-order valence-electron chi connectivity index (χ0n) is 10.4. The van der Waals surface area contributed by atoms with E-state index in [9.17, 15) is 0 Å². The van der Waals surface area contributed by atoms with Gasteiger partial charge in [-0.15, -0.1) is 0 Å². The number of aromatic nitrogens is 1. The average Bonchev–Trinajstić information content (AvgIpc) is 2.37. The quantitative estimate of drug-likeness (QED) is 0.933. The van der Waals surface area contributed by atoms with Crippen LogP contribution in [0.1, 0.15) is 11.3 Å². The van der Waals surface area contributed by atoms with Crippen LogP contribution in [0, 0.1) is 6.92 Å². The Hall–Kier alpha value is -1.55. The van der Waals surface area contributed by atoms with Gasteiger partial charge >= 0.3 is 0 Å². The van der Waals surface area contributed by atoms with Gasteiger partial charge < -0.3 is 10.1 Å². The highest BCUT2D eigenvalue weighted by molar-refractivity contribution is 9.10. The second-order valence-corrected chi connectivity index (χ2v) is 4.78. The van der Waals surface area contributed by atoms with E-state index < -0.39 is 0 Å². The molecular weight excluding hydrogens is 292 g/mol. The molecule has 0 radical (unpaired) electrons. The molecule has 18 heavy (non-hydrogen) atoms. The summed E-state index contributed by atoms with van der Waals surface area (Å²) in [6.45, 7) is 2.43. The van der Waals surface area contributed by atoms with Crippen LogP contribution in [-0.2, 0) is 6.61 Å². The van der Waals surface area contributed by atoms with E-state index in [-0.39, 0.29) is 0 Å². The molecule has 0 aliphatic rings. The molecule has 4 heteroatoms. The Labute approximate surface area is 115 Å². The lowest BCUT2D eigenvalue weighted by molar-refractivity contribution is 0.293. The van der Waals surface area contributed by atoms with Crippen LogP contribution < -0.4 is 10.1 Å². The number of pyridine rings is 1. The molecule has 0 atom stereocenters. The first-order valence-corrected chi connectivity index (χ1v) is 6.51. The Kier molecular flexibility index (Phi) is 4.20. The third kappa shape index (κ3) is 3.01. The molecule has 0 unspecified atom stereocenters. The fourth-order valence-electron chi connectivity index (χ4n) is 1.68. The first-order chi connectivity index (χ1) is 8.70. The maximum absolute atomic E-state index is 5.72. The number of rotatable bonds is 4. The van der Waals surface area contributed by atoms with E-state index in [0.29, 0.717) is 12.5 Å². The van der Waals surface area contributed by atoms with Gasteiger partial charge in [0.1, 0.15) is 6.61 Å². The van der Waals surface area contributed by atoms with Crippen molar-refractivity contribution in [2.45, 2.75) is 13.5 Å². The van der Waals surface area contributed by atoms with Gasteiger partial charge in [-0.3, -0.25) is 0 Å². The summed E-state index contributed by atoms with van der Waals surface area (Å²) in [7, 11) is 1.90. The normalized spacial score (nSPS) is 10.2. The number of halogens is 1. The molecule has 1 heterocycles. The van der Waals surface area contributed by atoms with Gasteiger partial charge in [-0.05, 0) is 25.1 Å². The van der Waals surface area contributed by atoms with Crippen molar-refractivity contribution in [3.8, 4) is 5.88 Å². The van der Waals surface area contributed by atoms with Crippen LogP contribution in [0.5, 0.6) is 5.88 Å². The van der Waals surface area contributed by atoms with Gasteiger partial charge in [0.15, 0.2) is 0 Å². The highest BCUT2D eigenvalue weighted by atomic mass is 79.9. The number of nitrogens with zero attached hydrogens (tertiary/aromatic N) is 1. The molecule has 3 nitrogen and oxygen atoms in total. The third-order valence-electron chi connectivity index (χ3n) is 2.62. The zero-order chi connectivity index (χ0) is 13.0. The summed E-state index contributed by atoms with van der Waals surface area (Å²) in [4.78, 5) is 4.32. The SMILES string of the molecule is CNc1cccc(Br)c1COc1cccc(C)n1.